The van der Waals surface area contributed by atoms with Crippen molar-refractivity contribution in [2.24, 2.45) is 10.7 Å². The Morgan fingerprint density at radius 3 is 2.29 bits per heavy atom. The van der Waals surface area contributed by atoms with Crippen LogP contribution < -0.4 is 11.1 Å². The number of piperidine rings is 1. The molecule has 124 valence electrons. The first kappa shape index (κ1) is 19.0. The van der Waals surface area contributed by atoms with E-state index in [-0.39, 0.29) is 29.5 Å². The molecule has 1 aliphatic heterocycles. The molecule has 0 atom stereocenters. The van der Waals surface area contributed by atoms with Crippen molar-refractivity contribution >= 4 is 29.9 Å². The molecule has 0 aromatic heterocycles. The van der Waals surface area contributed by atoms with Crippen LogP contribution in [-0.4, -0.2) is 42.1 Å². The van der Waals surface area contributed by atoms with E-state index in [2.05, 4.69) is 29.1 Å². The molecule has 2 rings (SSSR count). The first-order valence-corrected chi connectivity index (χ1v) is 8.39. The summed E-state index contributed by atoms with van der Waals surface area (Å²) in [4.78, 5) is 7.17. The summed E-state index contributed by atoms with van der Waals surface area (Å²) in [7, 11) is 0. The van der Waals surface area contributed by atoms with Crippen LogP contribution in [0.25, 0.3) is 0 Å². The number of aliphatic imine (C=N–C) groups is 1. The van der Waals surface area contributed by atoms with E-state index in [4.69, 9.17) is 5.73 Å². The molecule has 1 heterocycles. The summed E-state index contributed by atoms with van der Waals surface area (Å²) >= 11 is 0. The molecular weight excluding hydrogens is 375 g/mol. The average molecular weight is 408 g/mol. The van der Waals surface area contributed by atoms with Gasteiger partial charge < -0.3 is 11.1 Å². The Morgan fingerprint density at radius 2 is 1.67 bits per heavy atom. The van der Waals surface area contributed by atoms with Crippen LogP contribution in [-0.2, 0) is 0 Å². The topological polar surface area (TPSA) is 53.6 Å². The molecule has 0 aromatic rings. The van der Waals surface area contributed by atoms with Gasteiger partial charge in [0.25, 0.3) is 0 Å². The van der Waals surface area contributed by atoms with Gasteiger partial charge in [-0.2, -0.15) is 0 Å². The van der Waals surface area contributed by atoms with Crippen LogP contribution in [0, 0.1) is 0 Å². The van der Waals surface area contributed by atoms with Crippen molar-refractivity contribution < 1.29 is 0 Å². The lowest BCUT2D eigenvalue weighted by Crippen LogP contribution is -2.49. The fraction of sp³-hybridized carbons (Fsp3) is 0.938. The Bertz CT molecular complexity index is 318. The second-order valence-electron chi connectivity index (χ2n) is 7.04. The number of nitrogens with zero attached hydrogens (tertiary/aromatic N) is 2. The first-order valence-electron chi connectivity index (χ1n) is 8.39. The summed E-state index contributed by atoms with van der Waals surface area (Å²) in [6.07, 6.45) is 10.5. The Kier molecular flexibility index (Phi) is 8.31. The molecule has 3 N–H and O–H groups in total. The summed E-state index contributed by atoms with van der Waals surface area (Å²) in [5.41, 5.74) is 6.19. The predicted molar refractivity (Wildman–Crippen MR) is 101 cm³/mol. The normalized spacial score (nSPS) is 22.7. The lowest BCUT2D eigenvalue weighted by Gasteiger charge is -2.40. The molecule has 1 aliphatic carbocycles. The molecule has 2 fully saturated rings. The highest BCUT2D eigenvalue weighted by molar-refractivity contribution is 14.0. The van der Waals surface area contributed by atoms with E-state index in [9.17, 15) is 0 Å². The Balaban J connectivity index is 0.00000220. The molecule has 4 nitrogen and oxygen atoms in total. The highest BCUT2D eigenvalue weighted by atomic mass is 127. The Labute approximate surface area is 147 Å². The van der Waals surface area contributed by atoms with Gasteiger partial charge in [-0.05, 0) is 52.6 Å². The zero-order valence-corrected chi connectivity index (χ0v) is 16.1. The minimum Gasteiger partial charge on any atom is -0.370 e. The van der Waals surface area contributed by atoms with Crippen LogP contribution in [0.4, 0.5) is 0 Å². The van der Waals surface area contributed by atoms with Gasteiger partial charge in [-0.1, -0.05) is 25.7 Å². The Hall–Kier alpha value is -0.0400. The molecule has 0 bridgehead atoms. The van der Waals surface area contributed by atoms with Crippen LogP contribution in [0.1, 0.15) is 65.2 Å². The molecule has 5 heteroatoms. The Morgan fingerprint density at radius 1 is 1.10 bits per heavy atom. The van der Waals surface area contributed by atoms with Gasteiger partial charge in [-0.3, -0.25) is 9.89 Å². The lowest BCUT2D eigenvalue weighted by molar-refractivity contribution is 0.102. The number of hydrogen-bond donors (Lipinski definition) is 2. The van der Waals surface area contributed by atoms with Crippen LogP contribution in [0.15, 0.2) is 4.99 Å². The van der Waals surface area contributed by atoms with E-state index < -0.39 is 0 Å². The number of halogens is 1. The molecule has 21 heavy (non-hydrogen) atoms. The molecule has 0 radical (unpaired) electrons. The second kappa shape index (κ2) is 9.18. The number of nitrogens with one attached hydrogen (secondary N) is 1. The monoisotopic (exact) mass is 408 g/mol. The van der Waals surface area contributed by atoms with Crippen molar-refractivity contribution in [2.45, 2.75) is 76.8 Å². The third-order valence-corrected chi connectivity index (χ3v) is 4.81. The maximum absolute atomic E-state index is 6.06. The van der Waals surface area contributed by atoms with E-state index in [0.717, 1.165) is 6.54 Å². The highest BCUT2D eigenvalue weighted by Gasteiger charge is 2.27. The standard InChI is InChI=1S/C16H32N4.HI/c1-16(2,20-11-7-4-8-12-20)13-18-15(17)19-14-9-5-3-6-10-14;/h14H,3-13H2,1-2H3,(H3,17,18,19);1H. The smallest absolute Gasteiger partial charge is 0.188 e. The van der Waals surface area contributed by atoms with Gasteiger partial charge in [0.2, 0.25) is 0 Å². The molecule has 0 amide bonds. The number of hydrogen-bond acceptors (Lipinski definition) is 2. The number of nitrogens with two attached hydrogens (primary N) is 1. The van der Waals surface area contributed by atoms with Crippen LogP contribution in [0.3, 0.4) is 0 Å². The molecule has 1 saturated carbocycles. The fourth-order valence-corrected chi connectivity index (χ4v) is 3.38. The molecule has 1 saturated heterocycles. The second-order valence-corrected chi connectivity index (χ2v) is 7.04. The van der Waals surface area contributed by atoms with Crippen molar-refractivity contribution in [3.63, 3.8) is 0 Å². The molecule has 2 aliphatic rings. The number of rotatable bonds is 4. The molecule has 0 spiro atoms. The quantitative estimate of drug-likeness (QED) is 0.427. The van der Waals surface area contributed by atoms with Crippen molar-refractivity contribution in [1.82, 2.24) is 10.2 Å². The average Bonchev–Trinajstić information content (AvgIpc) is 2.47. The third-order valence-electron chi connectivity index (χ3n) is 4.81. The van der Waals surface area contributed by atoms with Gasteiger partial charge in [0.15, 0.2) is 5.96 Å². The number of likely N-dealkylation sites (tertiary alicyclic amines) is 1. The van der Waals surface area contributed by atoms with Crippen molar-refractivity contribution in [2.75, 3.05) is 19.6 Å². The summed E-state index contributed by atoms with van der Waals surface area (Å²) in [5.74, 6) is 0.641. The highest BCUT2D eigenvalue weighted by Crippen LogP contribution is 2.21. The van der Waals surface area contributed by atoms with E-state index in [1.807, 2.05) is 0 Å². The first-order chi connectivity index (χ1) is 9.58. The molecule has 0 aromatic carbocycles. The van der Waals surface area contributed by atoms with Crippen LogP contribution in [0.2, 0.25) is 0 Å². The minimum absolute atomic E-state index is 0. The van der Waals surface area contributed by atoms with Crippen molar-refractivity contribution in [1.29, 1.82) is 0 Å². The van der Waals surface area contributed by atoms with E-state index in [0.29, 0.717) is 12.0 Å². The van der Waals surface area contributed by atoms with Crippen LogP contribution in [0.5, 0.6) is 0 Å². The largest absolute Gasteiger partial charge is 0.370 e. The van der Waals surface area contributed by atoms with Crippen LogP contribution >= 0.6 is 24.0 Å². The lowest BCUT2D eigenvalue weighted by atomic mass is 9.96. The predicted octanol–water partition coefficient (Wildman–Crippen LogP) is 3.11. The maximum Gasteiger partial charge on any atom is 0.188 e. The van der Waals surface area contributed by atoms with Gasteiger partial charge in [0.05, 0.1) is 6.54 Å². The van der Waals surface area contributed by atoms with Gasteiger partial charge in [0, 0.05) is 11.6 Å². The molecule has 0 unspecified atom stereocenters. The summed E-state index contributed by atoms with van der Waals surface area (Å²) in [6, 6.07) is 0.547. The van der Waals surface area contributed by atoms with Gasteiger partial charge in [0.1, 0.15) is 0 Å². The van der Waals surface area contributed by atoms with E-state index >= 15 is 0 Å². The maximum atomic E-state index is 6.06. The van der Waals surface area contributed by atoms with Gasteiger partial charge >= 0.3 is 0 Å². The SMILES string of the molecule is CC(C)(CN=C(N)NC1CCCCC1)N1CCCCC1.I. The fourth-order valence-electron chi connectivity index (χ4n) is 3.38. The summed E-state index contributed by atoms with van der Waals surface area (Å²) in [5, 5.41) is 3.40. The van der Waals surface area contributed by atoms with Gasteiger partial charge in [-0.15, -0.1) is 24.0 Å². The van der Waals surface area contributed by atoms with Crippen molar-refractivity contribution in [3.8, 4) is 0 Å². The van der Waals surface area contributed by atoms with E-state index in [1.54, 1.807) is 0 Å². The summed E-state index contributed by atoms with van der Waals surface area (Å²) in [6.45, 7) is 7.78. The van der Waals surface area contributed by atoms with Gasteiger partial charge in [-0.25, -0.2) is 0 Å². The van der Waals surface area contributed by atoms with E-state index in [1.165, 1.54) is 64.5 Å². The summed E-state index contributed by atoms with van der Waals surface area (Å²) < 4.78 is 0. The number of guanidine groups is 1. The van der Waals surface area contributed by atoms with Crippen molar-refractivity contribution in [3.05, 3.63) is 0 Å². The molecular formula is C16H33IN4. The minimum atomic E-state index is 0. The zero-order valence-electron chi connectivity index (χ0n) is 13.7. The third kappa shape index (κ3) is 6.30. The zero-order chi connectivity index (χ0) is 14.4.